The highest BCUT2D eigenvalue weighted by molar-refractivity contribution is 5.96. The Morgan fingerprint density at radius 1 is 0.358 bits per heavy atom. The van der Waals surface area contributed by atoms with Crippen molar-refractivity contribution in [1.82, 2.24) is 0 Å². The van der Waals surface area contributed by atoms with E-state index in [0.29, 0.717) is 6.04 Å². The Morgan fingerprint density at radius 2 is 0.792 bits per heavy atom. The van der Waals surface area contributed by atoms with E-state index in [2.05, 4.69) is 195 Å². The lowest BCUT2D eigenvalue weighted by molar-refractivity contribution is 0.660. The summed E-state index contributed by atoms with van der Waals surface area (Å²) < 4.78 is 8.83. The molecule has 8 aromatic rings. The molecule has 3 aliphatic rings. The summed E-state index contributed by atoms with van der Waals surface area (Å²) in [6.07, 6.45) is 0. The van der Waals surface area contributed by atoms with E-state index < -0.39 is 5.41 Å². The number of hydrogen-bond donors (Lipinski definition) is 0. The lowest BCUT2D eigenvalue weighted by Gasteiger charge is -2.32. The summed E-state index contributed by atoms with van der Waals surface area (Å²) in [5.41, 5.74) is 20.4. The van der Waals surface area contributed by atoms with Crippen LogP contribution in [0.15, 0.2) is 188 Å². The van der Waals surface area contributed by atoms with Crippen LogP contribution in [0, 0.1) is 0 Å². The molecule has 0 radical (unpaired) electrons. The summed E-state index contributed by atoms with van der Waals surface area (Å²) in [7, 11) is 0. The van der Waals surface area contributed by atoms with E-state index in [1.165, 1.54) is 77.9 Å². The van der Waals surface area contributed by atoms with Gasteiger partial charge in [-0.2, -0.15) is 0 Å². The predicted molar refractivity (Wildman–Crippen MR) is 220 cm³/mol. The Bertz CT molecular complexity index is 2770. The van der Waals surface area contributed by atoms with Crippen LogP contribution in [0.1, 0.15) is 48.6 Å². The largest absolute Gasteiger partial charge is 0.310 e. The summed E-state index contributed by atoms with van der Waals surface area (Å²) >= 11 is 0. The van der Waals surface area contributed by atoms with Gasteiger partial charge in [0.25, 0.3) is 0 Å². The SMILES string of the molecule is [2H]c1ccc2c(c1)C1(c3ccccc3-c3ccccc31)c1cc(N(c3ccc(-c4ccccc4)cc3)c3ccc4c(c3)C(C)(C)c3ccccc3-4)ccc1-2. The van der Waals surface area contributed by atoms with E-state index in [-0.39, 0.29) is 5.41 Å². The van der Waals surface area contributed by atoms with Crippen LogP contribution >= 0.6 is 0 Å². The van der Waals surface area contributed by atoms with Gasteiger partial charge in [0.1, 0.15) is 0 Å². The van der Waals surface area contributed by atoms with Crippen molar-refractivity contribution in [3.05, 3.63) is 221 Å². The molecule has 53 heavy (non-hydrogen) atoms. The molecule has 0 heterocycles. The molecule has 250 valence electrons. The van der Waals surface area contributed by atoms with Gasteiger partial charge in [-0.1, -0.05) is 165 Å². The third-order valence-electron chi connectivity index (χ3n) is 12.2. The van der Waals surface area contributed by atoms with Crippen molar-refractivity contribution < 1.29 is 1.37 Å². The van der Waals surface area contributed by atoms with E-state index in [1.54, 1.807) is 0 Å². The van der Waals surface area contributed by atoms with Crippen LogP contribution in [0.4, 0.5) is 17.1 Å². The minimum atomic E-state index is -0.532. The summed E-state index contributed by atoms with van der Waals surface area (Å²) in [5.74, 6) is 0. The highest BCUT2D eigenvalue weighted by Crippen LogP contribution is 2.63. The third-order valence-corrected chi connectivity index (χ3v) is 12.2. The minimum Gasteiger partial charge on any atom is -0.310 e. The van der Waals surface area contributed by atoms with Gasteiger partial charge in [0.15, 0.2) is 0 Å². The first-order valence-electron chi connectivity index (χ1n) is 19.1. The lowest BCUT2D eigenvalue weighted by atomic mass is 9.70. The lowest BCUT2D eigenvalue weighted by Crippen LogP contribution is -2.26. The molecule has 0 atom stereocenters. The van der Waals surface area contributed by atoms with Crippen molar-refractivity contribution in [3.63, 3.8) is 0 Å². The monoisotopic (exact) mass is 676 g/mol. The fourth-order valence-corrected chi connectivity index (χ4v) is 9.86. The quantitative estimate of drug-likeness (QED) is 0.179. The topological polar surface area (TPSA) is 3.24 Å². The molecule has 0 saturated heterocycles. The number of rotatable bonds is 4. The standard InChI is InChI=1S/C52H37N/c1-51(2)45-20-10-6-16-39(45)43-30-28-37(32-49(43)51)53(36-26-24-35(25-27-36)34-14-4-3-5-15-34)38-29-31-44-42-19-9-13-23-48(42)52(50(44)33-38)46-21-11-7-17-40(46)41-18-8-12-22-47(41)52/h3-33H,1-2H3/i13D. The summed E-state index contributed by atoms with van der Waals surface area (Å²) in [5, 5.41) is 0. The molecule has 0 aliphatic heterocycles. The van der Waals surface area contributed by atoms with Gasteiger partial charge >= 0.3 is 0 Å². The summed E-state index contributed by atoms with van der Waals surface area (Å²) in [6, 6.07) is 67.1. The van der Waals surface area contributed by atoms with Gasteiger partial charge in [0.2, 0.25) is 0 Å². The molecule has 1 heteroatoms. The fraction of sp³-hybridized carbons (Fsp3) is 0.0769. The van der Waals surface area contributed by atoms with Gasteiger partial charge in [-0.3, -0.25) is 0 Å². The highest BCUT2D eigenvalue weighted by Gasteiger charge is 2.51. The van der Waals surface area contributed by atoms with Gasteiger partial charge < -0.3 is 4.90 Å². The molecule has 3 aliphatic carbocycles. The maximum atomic E-state index is 8.83. The van der Waals surface area contributed by atoms with Gasteiger partial charge in [0, 0.05) is 22.5 Å². The molecular formula is C52H37N. The molecule has 1 nitrogen and oxygen atoms in total. The smallest absolute Gasteiger partial charge is 0.0726 e. The van der Waals surface area contributed by atoms with Crippen LogP contribution in [0.25, 0.3) is 44.5 Å². The third kappa shape index (κ3) is 4.08. The molecule has 0 saturated carbocycles. The first kappa shape index (κ1) is 29.2. The number of hydrogen-bond acceptors (Lipinski definition) is 1. The van der Waals surface area contributed by atoms with Crippen molar-refractivity contribution in [2.75, 3.05) is 4.90 Å². The van der Waals surface area contributed by atoms with Gasteiger partial charge in [0.05, 0.1) is 6.79 Å². The molecule has 0 fully saturated rings. The first-order chi connectivity index (χ1) is 26.4. The molecule has 8 aromatic carbocycles. The Balaban J connectivity index is 1.16. The zero-order valence-electron chi connectivity index (χ0n) is 30.8. The van der Waals surface area contributed by atoms with E-state index in [1.807, 2.05) is 6.07 Å². The van der Waals surface area contributed by atoms with Crippen LogP contribution in [-0.2, 0) is 10.8 Å². The Labute approximate surface area is 312 Å². The molecular weight excluding hydrogens is 639 g/mol. The van der Waals surface area contributed by atoms with Crippen molar-refractivity contribution in [3.8, 4) is 44.5 Å². The molecule has 11 rings (SSSR count). The van der Waals surface area contributed by atoms with Crippen LogP contribution in [0.2, 0.25) is 0 Å². The van der Waals surface area contributed by atoms with Gasteiger partial charge in [-0.15, -0.1) is 0 Å². The Morgan fingerprint density at radius 3 is 1.43 bits per heavy atom. The molecule has 0 N–H and O–H groups in total. The number of anilines is 3. The molecule has 0 amide bonds. The van der Waals surface area contributed by atoms with Crippen LogP contribution in [0.5, 0.6) is 0 Å². The Hall–Kier alpha value is -6.44. The van der Waals surface area contributed by atoms with Crippen molar-refractivity contribution in [1.29, 1.82) is 0 Å². The van der Waals surface area contributed by atoms with E-state index in [0.717, 1.165) is 17.1 Å². The van der Waals surface area contributed by atoms with Crippen molar-refractivity contribution >= 4 is 17.1 Å². The number of fused-ring (bicyclic) bond motifs is 13. The van der Waals surface area contributed by atoms with Crippen molar-refractivity contribution in [2.45, 2.75) is 24.7 Å². The first-order valence-corrected chi connectivity index (χ1v) is 18.6. The fourth-order valence-electron chi connectivity index (χ4n) is 9.86. The van der Waals surface area contributed by atoms with Gasteiger partial charge in [-0.25, -0.2) is 0 Å². The average Bonchev–Trinajstić information content (AvgIpc) is 3.77. The maximum Gasteiger partial charge on any atom is 0.0726 e. The van der Waals surface area contributed by atoms with E-state index in [4.69, 9.17) is 1.37 Å². The summed E-state index contributed by atoms with van der Waals surface area (Å²) in [4.78, 5) is 2.44. The number of nitrogens with zero attached hydrogens (tertiary/aromatic N) is 1. The molecule has 1 spiro atoms. The second-order valence-electron chi connectivity index (χ2n) is 15.2. The molecule has 0 aromatic heterocycles. The van der Waals surface area contributed by atoms with E-state index in [9.17, 15) is 0 Å². The van der Waals surface area contributed by atoms with Crippen LogP contribution in [-0.4, -0.2) is 0 Å². The van der Waals surface area contributed by atoms with E-state index >= 15 is 0 Å². The zero-order chi connectivity index (χ0) is 36.2. The summed E-state index contributed by atoms with van der Waals surface area (Å²) in [6.45, 7) is 4.71. The average molecular weight is 677 g/mol. The maximum absolute atomic E-state index is 8.83. The molecule has 0 unspecified atom stereocenters. The van der Waals surface area contributed by atoms with Crippen molar-refractivity contribution in [2.24, 2.45) is 0 Å². The minimum absolute atomic E-state index is 0.125. The van der Waals surface area contributed by atoms with Gasteiger partial charge in [-0.05, 0) is 114 Å². The Kier molecular flexibility index (Phi) is 6.07. The van der Waals surface area contributed by atoms with Crippen LogP contribution < -0.4 is 4.90 Å². The predicted octanol–water partition coefficient (Wildman–Crippen LogP) is 13.5. The second-order valence-corrected chi connectivity index (χ2v) is 15.2. The highest BCUT2D eigenvalue weighted by atomic mass is 15.1. The molecule has 0 bridgehead atoms. The zero-order valence-corrected chi connectivity index (χ0v) is 29.8. The van der Waals surface area contributed by atoms with Crippen LogP contribution in [0.3, 0.4) is 0 Å². The number of benzene rings is 8. The second kappa shape index (κ2) is 11.0. The normalized spacial score (nSPS) is 14.8.